The van der Waals surface area contributed by atoms with Crippen LogP contribution in [0.15, 0.2) is 21.9 Å². The number of ether oxygens (including phenoxy) is 1. The standard InChI is InChI=1S/C12H11NO4S/c1-7-2-3-8(17-7)10-13-9(4-18-10)12(11(14)15)5-16-6-12/h2-4H,5-6H2,1H3,(H,14,15). The number of furan rings is 1. The minimum absolute atomic E-state index is 0.183. The van der Waals surface area contributed by atoms with Crippen molar-refractivity contribution in [3.8, 4) is 10.8 Å². The van der Waals surface area contributed by atoms with Crippen LogP contribution in [-0.4, -0.2) is 29.3 Å². The summed E-state index contributed by atoms with van der Waals surface area (Å²) in [5.41, 5.74) is -0.425. The van der Waals surface area contributed by atoms with Crippen molar-refractivity contribution in [1.82, 2.24) is 4.98 Å². The maximum Gasteiger partial charge on any atom is 0.320 e. The van der Waals surface area contributed by atoms with Crippen LogP contribution in [0.25, 0.3) is 10.8 Å². The van der Waals surface area contributed by atoms with Gasteiger partial charge in [0, 0.05) is 5.38 Å². The van der Waals surface area contributed by atoms with Gasteiger partial charge in [0.1, 0.15) is 5.76 Å². The van der Waals surface area contributed by atoms with Crippen LogP contribution in [0.3, 0.4) is 0 Å². The molecule has 0 bridgehead atoms. The summed E-state index contributed by atoms with van der Waals surface area (Å²) in [7, 11) is 0. The first-order valence-corrected chi connectivity index (χ1v) is 6.34. The lowest BCUT2D eigenvalue weighted by molar-refractivity contribution is -0.163. The predicted octanol–water partition coefficient (Wildman–Crippen LogP) is 2.06. The number of nitrogens with zero attached hydrogens (tertiary/aromatic N) is 1. The Bertz CT molecular complexity index is 597. The summed E-state index contributed by atoms with van der Waals surface area (Å²) in [6.07, 6.45) is 0. The summed E-state index contributed by atoms with van der Waals surface area (Å²) in [6, 6.07) is 3.69. The maximum atomic E-state index is 11.3. The Hall–Kier alpha value is -1.66. The highest BCUT2D eigenvalue weighted by Gasteiger charge is 2.49. The number of rotatable bonds is 3. The Balaban J connectivity index is 1.96. The van der Waals surface area contributed by atoms with Gasteiger partial charge < -0.3 is 14.3 Å². The van der Waals surface area contributed by atoms with E-state index in [-0.39, 0.29) is 13.2 Å². The van der Waals surface area contributed by atoms with Crippen LogP contribution in [-0.2, 0) is 14.9 Å². The van der Waals surface area contributed by atoms with E-state index in [0.29, 0.717) is 16.5 Å². The van der Waals surface area contributed by atoms with E-state index in [1.807, 2.05) is 19.1 Å². The molecule has 5 nitrogen and oxygen atoms in total. The fourth-order valence-corrected chi connectivity index (χ4v) is 2.72. The number of carboxylic acids is 1. The Labute approximate surface area is 107 Å². The lowest BCUT2D eigenvalue weighted by Crippen LogP contribution is -2.53. The Kier molecular flexibility index (Phi) is 2.49. The monoisotopic (exact) mass is 265 g/mol. The van der Waals surface area contributed by atoms with E-state index in [9.17, 15) is 9.90 Å². The summed E-state index contributed by atoms with van der Waals surface area (Å²) in [4.78, 5) is 15.7. The van der Waals surface area contributed by atoms with Crippen molar-refractivity contribution >= 4 is 17.3 Å². The third-order valence-corrected chi connectivity index (χ3v) is 3.91. The first-order chi connectivity index (χ1) is 8.62. The molecule has 0 amide bonds. The SMILES string of the molecule is Cc1ccc(-c2nc(C3(C(=O)O)COC3)cs2)o1. The molecule has 0 radical (unpaired) electrons. The molecule has 1 aliphatic heterocycles. The molecule has 3 rings (SSSR count). The molecule has 0 spiro atoms. The van der Waals surface area contributed by atoms with Gasteiger partial charge in [-0.05, 0) is 19.1 Å². The van der Waals surface area contributed by atoms with E-state index in [4.69, 9.17) is 9.15 Å². The average molecular weight is 265 g/mol. The Morgan fingerprint density at radius 1 is 1.50 bits per heavy atom. The molecule has 1 aliphatic rings. The van der Waals surface area contributed by atoms with Gasteiger partial charge in [-0.15, -0.1) is 11.3 Å². The number of carbonyl (C=O) groups is 1. The molecule has 94 valence electrons. The minimum Gasteiger partial charge on any atom is -0.480 e. The summed E-state index contributed by atoms with van der Waals surface area (Å²) < 4.78 is 10.5. The van der Waals surface area contributed by atoms with Crippen molar-refractivity contribution in [3.63, 3.8) is 0 Å². The zero-order chi connectivity index (χ0) is 12.8. The van der Waals surface area contributed by atoms with Gasteiger partial charge in [-0.3, -0.25) is 4.79 Å². The summed E-state index contributed by atoms with van der Waals surface area (Å²) in [6.45, 7) is 2.22. The van der Waals surface area contributed by atoms with Crippen molar-refractivity contribution in [2.24, 2.45) is 0 Å². The number of aliphatic carboxylic acids is 1. The molecule has 6 heteroatoms. The van der Waals surface area contributed by atoms with E-state index in [2.05, 4.69) is 4.98 Å². The second-order valence-corrected chi connectivity index (χ2v) is 5.19. The topological polar surface area (TPSA) is 72.6 Å². The smallest absolute Gasteiger partial charge is 0.320 e. The molecule has 0 aromatic carbocycles. The molecule has 0 unspecified atom stereocenters. The summed E-state index contributed by atoms with van der Waals surface area (Å²) in [5, 5.41) is 11.7. The molecule has 18 heavy (non-hydrogen) atoms. The summed E-state index contributed by atoms with van der Waals surface area (Å²) >= 11 is 1.39. The predicted molar refractivity (Wildman–Crippen MR) is 64.7 cm³/mol. The minimum atomic E-state index is -0.976. The molecule has 3 heterocycles. The Morgan fingerprint density at radius 2 is 2.28 bits per heavy atom. The zero-order valence-electron chi connectivity index (χ0n) is 9.67. The highest BCUT2D eigenvalue weighted by atomic mass is 32.1. The van der Waals surface area contributed by atoms with Gasteiger partial charge in [0.2, 0.25) is 0 Å². The third kappa shape index (κ3) is 1.57. The highest BCUT2D eigenvalue weighted by molar-refractivity contribution is 7.13. The molecule has 1 N–H and O–H groups in total. The molecule has 1 fully saturated rings. The van der Waals surface area contributed by atoms with Crippen LogP contribution in [0.4, 0.5) is 0 Å². The molecule has 0 atom stereocenters. The van der Waals surface area contributed by atoms with E-state index < -0.39 is 11.4 Å². The van der Waals surface area contributed by atoms with Crippen LogP contribution >= 0.6 is 11.3 Å². The van der Waals surface area contributed by atoms with Crippen molar-refractivity contribution < 1.29 is 19.1 Å². The molecular formula is C12H11NO4S. The summed E-state index contributed by atoms with van der Waals surface area (Å²) in [5.74, 6) is 0.590. The van der Waals surface area contributed by atoms with Crippen molar-refractivity contribution in [2.45, 2.75) is 12.3 Å². The van der Waals surface area contributed by atoms with Gasteiger partial charge in [-0.25, -0.2) is 4.98 Å². The average Bonchev–Trinajstić information content (AvgIpc) is 2.84. The first-order valence-electron chi connectivity index (χ1n) is 5.46. The van der Waals surface area contributed by atoms with Gasteiger partial charge >= 0.3 is 5.97 Å². The zero-order valence-corrected chi connectivity index (χ0v) is 10.5. The van der Waals surface area contributed by atoms with E-state index in [0.717, 1.165) is 5.76 Å². The number of aromatic nitrogens is 1. The normalized spacial score (nSPS) is 17.4. The van der Waals surface area contributed by atoms with Crippen molar-refractivity contribution in [3.05, 3.63) is 29.0 Å². The van der Waals surface area contributed by atoms with Crippen molar-refractivity contribution in [2.75, 3.05) is 13.2 Å². The van der Waals surface area contributed by atoms with Crippen LogP contribution in [0.5, 0.6) is 0 Å². The second-order valence-electron chi connectivity index (χ2n) is 4.33. The number of thiazole rings is 1. The lowest BCUT2D eigenvalue weighted by Gasteiger charge is -2.35. The van der Waals surface area contributed by atoms with E-state index in [1.54, 1.807) is 5.38 Å². The van der Waals surface area contributed by atoms with E-state index in [1.165, 1.54) is 11.3 Å². The van der Waals surface area contributed by atoms with Gasteiger partial charge in [-0.1, -0.05) is 0 Å². The molecule has 0 saturated carbocycles. The first kappa shape index (κ1) is 11.4. The second kappa shape index (κ2) is 3.93. The fourth-order valence-electron chi connectivity index (χ4n) is 1.84. The van der Waals surface area contributed by atoms with Gasteiger partial charge in [-0.2, -0.15) is 0 Å². The van der Waals surface area contributed by atoms with E-state index >= 15 is 0 Å². The van der Waals surface area contributed by atoms with Crippen LogP contribution in [0.1, 0.15) is 11.5 Å². The molecule has 1 saturated heterocycles. The number of hydrogen-bond donors (Lipinski definition) is 1. The molecular weight excluding hydrogens is 254 g/mol. The van der Waals surface area contributed by atoms with Crippen LogP contribution < -0.4 is 0 Å². The maximum absolute atomic E-state index is 11.3. The fraction of sp³-hybridized carbons (Fsp3) is 0.333. The molecule has 0 aliphatic carbocycles. The van der Waals surface area contributed by atoms with Gasteiger partial charge in [0.15, 0.2) is 16.2 Å². The quantitative estimate of drug-likeness (QED) is 0.919. The number of carboxylic acid groups (broad SMARTS) is 1. The highest BCUT2D eigenvalue weighted by Crippen LogP contribution is 2.36. The number of aryl methyl sites for hydroxylation is 1. The lowest BCUT2D eigenvalue weighted by atomic mass is 9.83. The Morgan fingerprint density at radius 3 is 2.78 bits per heavy atom. The van der Waals surface area contributed by atoms with Crippen molar-refractivity contribution in [1.29, 1.82) is 0 Å². The molecule has 2 aromatic heterocycles. The third-order valence-electron chi connectivity index (χ3n) is 3.05. The van der Waals surface area contributed by atoms with Gasteiger partial charge in [0.25, 0.3) is 0 Å². The van der Waals surface area contributed by atoms with Crippen LogP contribution in [0, 0.1) is 6.92 Å². The largest absolute Gasteiger partial charge is 0.480 e. The number of hydrogen-bond acceptors (Lipinski definition) is 5. The van der Waals surface area contributed by atoms with Crippen LogP contribution in [0.2, 0.25) is 0 Å². The molecule has 2 aromatic rings. The van der Waals surface area contributed by atoms with Gasteiger partial charge in [0.05, 0.1) is 18.9 Å².